The van der Waals surface area contributed by atoms with Crippen LogP contribution >= 0.6 is 27.3 Å². The summed E-state index contributed by atoms with van der Waals surface area (Å²) < 4.78 is 0. The van der Waals surface area contributed by atoms with Crippen molar-refractivity contribution in [3.05, 3.63) is 21.2 Å². The molecule has 1 aromatic heterocycles. The summed E-state index contributed by atoms with van der Waals surface area (Å²) in [6, 6.07) is 0. The largest absolute Gasteiger partial charge is 0.246 e. The number of alkyl halides is 1. The van der Waals surface area contributed by atoms with Gasteiger partial charge in [-0.2, -0.15) is 0 Å². The van der Waals surface area contributed by atoms with Gasteiger partial charge in [-0.15, -0.1) is 11.3 Å². The van der Waals surface area contributed by atoms with Gasteiger partial charge in [-0.05, 0) is 26.8 Å². The molecule has 0 aliphatic rings. The van der Waals surface area contributed by atoms with Crippen LogP contribution in [0.5, 0.6) is 0 Å². The molecule has 1 aromatic rings. The number of aromatic nitrogens is 1. The molecule has 0 amide bonds. The van der Waals surface area contributed by atoms with Crippen LogP contribution < -0.4 is 0 Å². The van der Waals surface area contributed by atoms with Crippen LogP contribution in [0.15, 0.2) is 5.57 Å². The summed E-state index contributed by atoms with van der Waals surface area (Å²) >= 11 is 5.17. The van der Waals surface area contributed by atoms with Gasteiger partial charge < -0.3 is 0 Å². The second-order valence-corrected chi connectivity index (χ2v) is 4.60. The van der Waals surface area contributed by atoms with E-state index in [-0.39, 0.29) is 0 Å². The van der Waals surface area contributed by atoms with Gasteiger partial charge >= 0.3 is 0 Å². The van der Waals surface area contributed by atoms with Gasteiger partial charge in [0.2, 0.25) is 0 Å². The van der Waals surface area contributed by atoms with E-state index in [9.17, 15) is 0 Å². The molecule has 0 atom stereocenters. The maximum absolute atomic E-state index is 4.36. The molecule has 0 saturated carbocycles. The minimum absolute atomic E-state index is 0.934. The summed E-state index contributed by atoms with van der Waals surface area (Å²) in [7, 11) is 0. The van der Waals surface area contributed by atoms with Crippen LogP contribution in [0, 0.1) is 13.8 Å². The van der Waals surface area contributed by atoms with Gasteiger partial charge in [0.05, 0.1) is 15.6 Å². The van der Waals surface area contributed by atoms with Crippen molar-refractivity contribution in [2.45, 2.75) is 20.8 Å². The first-order valence-corrected chi connectivity index (χ1v) is 5.74. The number of hydrogen-bond acceptors (Lipinski definition) is 2. The van der Waals surface area contributed by atoms with E-state index >= 15 is 0 Å². The Hall–Kier alpha value is -0.150. The fourth-order valence-corrected chi connectivity index (χ4v) is 2.06. The molecule has 0 fully saturated rings. The van der Waals surface area contributed by atoms with Crippen molar-refractivity contribution in [3.8, 4) is 0 Å². The Morgan fingerprint density at radius 2 is 2.25 bits per heavy atom. The molecule has 1 rings (SSSR count). The molecule has 0 unspecified atom stereocenters. The van der Waals surface area contributed by atoms with E-state index in [4.69, 9.17) is 0 Å². The molecule has 0 aromatic carbocycles. The third kappa shape index (κ3) is 2.42. The van der Waals surface area contributed by atoms with Crippen molar-refractivity contribution in [2.75, 3.05) is 5.33 Å². The lowest BCUT2D eigenvalue weighted by Crippen LogP contribution is -1.77. The smallest absolute Gasteiger partial charge is 0.0903 e. The summed E-state index contributed by atoms with van der Waals surface area (Å²) in [6.07, 6.45) is 2.19. The van der Waals surface area contributed by atoms with Crippen LogP contribution in [0.4, 0.5) is 0 Å². The van der Waals surface area contributed by atoms with Crippen molar-refractivity contribution in [1.82, 2.24) is 4.98 Å². The normalized spacial score (nSPS) is 12.2. The van der Waals surface area contributed by atoms with Gasteiger partial charge in [-0.25, -0.2) is 4.98 Å². The second kappa shape index (κ2) is 4.19. The average Bonchev–Trinajstić information content (AvgIpc) is 2.30. The van der Waals surface area contributed by atoms with Crippen molar-refractivity contribution in [2.24, 2.45) is 0 Å². The highest BCUT2D eigenvalue weighted by Gasteiger charge is 2.01. The molecular weight excluding hydrogens is 234 g/mol. The minimum atomic E-state index is 0.934. The molecule has 1 heterocycles. The van der Waals surface area contributed by atoms with Crippen molar-refractivity contribution < 1.29 is 0 Å². The minimum Gasteiger partial charge on any atom is -0.246 e. The fraction of sp³-hybridized carbons (Fsp3) is 0.444. The summed E-state index contributed by atoms with van der Waals surface area (Å²) in [4.78, 5) is 5.64. The van der Waals surface area contributed by atoms with Crippen LogP contribution in [-0.2, 0) is 0 Å². The number of thiazole rings is 1. The molecule has 0 spiro atoms. The highest BCUT2D eigenvalue weighted by Crippen LogP contribution is 2.20. The van der Waals surface area contributed by atoms with Crippen LogP contribution in [0.1, 0.15) is 22.5 Å². The Bertz CT molecular complexity index is 301. The highest BCUT2D eigenvalue weighted by atomic mass is 79.9. The molecule has 3 heteroatoms. The van der Waals surface area contributed by atoms with E-state index in [2.05, 4.69) is 40.8 Å². The van der Waals surface area contributed by atoms with E-state index in [1.807, 2.05) is 6.92 Å². The van der Waals surface area contributed by atoms with E-state index in [0.717, 1.165) is 16.0 Å². The van der Waals surface area contributed by atoms with Crippen LogP contribution in [0.3, 0.4) is 0 Å². The predicted molar refractivity (Wildman–Crippen MR) is 59.0 cm³/mol. The Morgan fingerprint density at radius 1 is 1.58 bits per heavy atom. The topological polar surface area (TPSA) is 12.9 Å². The number of allylic oxidation sites excluding steroid dienone is 1. The third-order valence-corrected chi connectivity index (χ3v) is 3.43. The molecule has 66 valence electrons. The second-order valence-electron chi connectivity index (χ2n) is 2.81. The Balaban J connectivity index is 2.95. The van der Waals surface area contributed by atoms with Gasteiger partial charge in [0.25, 0.3) is 0 Å². The standard InChI is InChI=1S/C9H12BrNS/c1-6(5-10)4-9-7(2)11-8(3)12-9/h4H,5H2,1-3H3. The Kier molecular flexibility index (Phi) is 3.47. The number of hydrogen-bond donors (Lipinski definition) is 0. The zero-order valence-electron chi connectivity index (χ0n) is 7.52. The molecule has 0 saturated heterocycles. The van der Waals surface area contributed by atoms with E-state index < -0.39 is 0 Å². The maximum Gasteiger partial charge on any atom is 0.0903 e. The first-order chi connectivity index (χ1) is 5.63. The predicted octanol–water partition coefficient (Wildman–Crippen LogP) is 3.56. The monoisotopic (exact) mass is 245 g/mol. The SMILES string of the molecule is CC(=Cc1sc(C)nc1C)CBr. The number of halogens is 1. The summed E-state index contributed by atoms with van der Waals surface area (Å²) in [5.74, 6) is 0. The lowest BCUT2D eigenvalue weighted by molar-refractivity contribution is 1.19. The molecule has 12 heavy (non-hydrogen) atoms. The summed E-state index contributed by atoms with van der Waals surface area (Å²) in [5.41, 5.74) is 2.47. The number of rotatable bonds is 2. The maximum atomic E-state index is 4.36. The van der Waals surface area contributed by atoms with Gasteiger partial charge in [0, 0.05) is 5.33 Å². The summed E-state index contributed by atoms with van der Waals surface area (Å²) in [5, 5.41) is 2.07. The van der Waals surface area contributed by atoms with Crippen molar-refractivity contribution in [3.63, 3.8) is 0 Å². The zero-order chi connectivity index (χ0) is 9.14. The lowest BCUT2D eigenvalue weighted by atomic mass is 10.3. The van der Waals surface area contributed by atoms with Gasteiger partial charge in [-0.3, -0.25) is 0 Å². The molecular formula is C9H12BrNS. The van der Waals surface area contributed by atoms with Crippen LogP contribution in [0.2, 0.25) is 0 Å². The molecule has 0 aliphatic heterocycles. The quantitative estimate of drug-likeness (QED) is 0.727. The van der Waals surface area contributed by atoms with E-state index in [1.165, 1.54) is 10.5 Å². The Labute approximate surface area is 85.7 Å². The molecule has 0 aliphatic carbocycles. The molecule has 0 N–H and O–H groups in total. The van der Waals surface area contributed by atoms with E-state index in [0.29, 0.717) is 0 Å². The fourth-order valence-electron chi connectivity index (χ4n) is 0.943. The number of nitrogens with zero attached hydrogens (tertiary/aromatic N) is 1. The van der Waals surface area contributed by atoms with Crippen molar-refractivity contribution in [1.29, 1.82) is 0 Å². The summed E-state index contributed by atoms with van der Waals surface area (Å²) in [6.45, 7) is 6.21. The van der Waals surface area contributed by atoms with E-state index in [1.54, 1.807) is 11.3 Å². The van der Waals surface area contributed by atoms with Gasteiger partial charge in [0.15, 0.2) is 0 Å². The average molecular weight is 246 g/mol. The van der Waals surface area contributed by atoms with Crippen LogP contribution in [-0.4, -0.2) is 10.3 Å². The molecule has 0 bridgehead atoms. The third-order valence-electron chi connectivity index (χ3n) is 1.53. The molecule has 1 nitrogen and oxygen atoms in total. The van der Waals surface area contributed by atoms with Crippen LogP contribution in [0.25, 0.3) is 6.08 Å². The first kappa shape index (κ1) is 9.93. The zero-order valence-corrected chi connectivity index (χ0v) is 9.92. The number of aryl methyl sites for hydroxylation is 2. The Morgan fingerprint density at radius 3 is 2.67 bits per heavy atom. The van der Waals surface area contributed by atoms with Crippen molar-refractivity contribution >= 4 is 33.3 Å². The van der Waals surface area contributed by atoms with Gasteiger partial charge in [-0.1, -0.05) is 21.5 Å². The molecule has 0 radical (unpaired) electrons. The highest BCUT2D eigenvalue weighted by molar-refractivity contribution is 9.09. The first-order valence-electron chi connectivity index (χ1n) is 3.80. The van der Waals surface area contributed by atoms with Gasteiger partial charge in [0.1, 0.15) is 0 Å². The lowest BCUT2D eigenvalue weighted by Gasteiger charge is -1.92.